The molecule has 3 aromatic rings. The summed E-state index contributed by atoms with van der Waals surface area (Å²) in [4.78, 5) is 27.0. The van der Waals surface area contributed by atoms with Crippen LogP contribution in [0.25, 0.3) is 22.4 Å². The molecule has 1 N–H and O–H groups in total. The molecule has 156 valence electrons. The molecule has 9 heteroatoms. The first-order chi connectivity index (χ1) is 13.9. The number of fused-ring (bicyclic) bond motifs is 1. The Hall–Kier alpha value is -2.01. The van der Waals surface area contributed by atoms with Crippen molar-refractivity contribution in [1.82, 2.24) is 29.6 Å². The number of pyridine rings is 1. The quantitative estimate of drug-likeness (QED) is 0.352. The fourth-order valence-electron chi connectivity index (χ4n) is 3.05. The molecule has 0 bridgehead atoms. The summed E-state index contributed by atoms with van der Waals surface area (Å²) in [6, 6.07) is 1.93. The van der Waals surface area contributed by atoms with Crippen LogP contribution in [0, 0.1) is 3.57 Å². The molecular formula is C20H27IN6O2. The van der Waals surface area contributed by atoms with Gasteiger partial charge >= 0.3 is 0 Å². The van der Waals surface area contributed by atoms with Crippen molar-refractivity contribution in [2.45, 2.75) is 39.7 Å². The predicted molar refractivity (Wildman–Crippen MR) is 122 cm³/mol. The Kier molecular flexibility index (Phi) is 7.23. The number of halogens is 1. The number of unbranched alkanes of at least 4 members (excludes halogenated alkanes) is 1. The zero-order chi connectivity index (χ0) is 21.0. The Morgan fingerprint density at radius 3 is 2.76 bits per heavy atom. The number of nitrogens with one attached hydrogen (secondary N) is 1. The summed E-state index contributed by atoms with van der Waals surface area (Å²) in [5.74, 6) is 0.946. The van der Waals surface area contributed by atoms with E-state index in [9.17, 15) is 4.79 Å². The molecular weight excluding hydrogens is 483 g/mol. The predicted octanol–water partition coefficient (Wildman–Crippen LogP) is 3.09. The minimum Gasteiger partial charge on any atom is -0.477 e. The second-order valence-corrected chi connectivity index (χ2v) is 8.39. The van der Waals surface area contributed by atoms with Crippen LogP contribution in [0.15, 0.2) is 17.1 Å². The lowest BCUT2D eigenvalue weighted by atomic mass is 10.2. The van der Waals surface area contributed by atoms with Crippen molar-refractivity contribution in [2.24, 2.45) is 0 Å². The van der Waals surface area contributed by atoms with Crippen LogP contribution in [0.5, 0.6) is 5.88 Å². The zero-order valence-electron chi connectivity index (χ0n) is 17.3. The highest BCUT2D eigenvalue weighted by Crippen LogP contribution is 2.28. The summed E-state index contributed by atoms with van der Waals surface area (Å²) in [5, 5.41) is 4.53. The Bertz CT molecular complexity index is 1040. The number of aromatic nitrogens is 5. The van der Waals surface area contributed by atoms with Gasteiger partial charge in [0.2, 0.25) is 5.88 Å². The molecule has 0 aliphatic rings. The highest BCUT2D eigenvalue weighted by atomic mass is 127. The number of aryl methyl sites for hydroxylation is 1. The molecule has 0 atom stereocenters. The summed E-state index contributed by atoms with van der Waals surface area (Å²) in [5.41, 5.74) is 2.41. The van der Waals surface area contributed by atoms with Crippen LogP contribution in [0.2, 0.25) is 0 Å². The molecule has 3 rings (SSSR count). The molecule has 29 heavy (non-hydrogen) atoms. The van der Waals surface area contributed by atoms with E-state index in [1.165, 1.54) is 0 Å². The SMILES string of the molecule is CCCCOc1ncc(I)cc1-c1nc2c(CC)n(CCN(C)C)nc2c(=O)[nH]1. The first-order valence-electron chi connectivity index (χ1n) is 9.87. The van der Waals surface area contributed by atoms with Crippen LogP contribution in [0.4, 0.5) is 0 Å². The lowest BCUT2D eigenvalue weighted by Gasteiger charge is -2.11. The van der Waals surface area contributed by atoms with Crippen LogP contribution in [0.3, 0.4) is 0 Å². The average molecular weight is 510 g/mol. The van der Waals surface area contributed by atoms with E-state index in [2.05, 4.69) is 56.4 Å². The smallest absolute Gasteiger partial charge is 0.279 e. The van der Waals surface area contributed by atoms with Crippen molar-refractivity contribution in [3.8, 4) is 17.3 Å². The summed E-state index contributed by atoms with van der Waals surface area (Å²) in [7, 11) is 4.03. The number of H-pyrrole nitrogens is 1. The molecule has 3 heterocycles. The third-order valence-electron chi connectivity index (χ3n) is 4.60. The van der Waals surface area contributed by atoms with Crippen LogP contribution >= 0.6 is 22.6 Å². The second-order valence-electron chi connectivity index (χ2n) is 7.15. The Morgan fingerprint density at radius 2 is 2.07 bits per heavy atom. The number of hydrogen-bond donors (Lipinski definition) is 1. The normalized spacial score (nSPS) is 11.5. The fourth-order valence-corrected chi connectivity index (χ4v) is 3.50. The minimum absolute atomic E-state index is 0.248. The van der Waals surface area contributed by atoms with Gasteiger partial charge in [-0.2, -0.15) is 5.10 Å². The van der Waals surface area contributed by atoms with Gasteiger partial charge in [-0.25, -0.2) is 9.97 Å². The van der Waals surface area contributed by atoms with E-state index < -0.39 is 0 Å². The largest absolute Gasteiger partial charge is 0.477 e. The summed E-state index contributed by atoms with van der Waals surface area (Å²) < 4.78 is 8.70. The van der Waals surface area contributed by atoms with Gasteiger partial charge in [0, 0.05) is 16.3 Å². The maximum absolute atomic E-state index is 12.8. The van der Waals surface area contributed by atoms with Gasteiger partial charge in [-0.15, -0.1) is 0 Å². The molecule has 0 radical (unpaired) electrons. The first-order valence-corrected chi connectivity index (χ1v) is 11.0. The molecule has 0 fully saturated rings. The Balaban J connectivity index is 2.09. The van der Waals surface area contributed by atoms with E-state index in [0.717, 1.165) is 35.1 Å². The molecule has 0 aromatic carbocycles. The molecule has 0 amide bonds. The monoisotopic (exact) mass is 510 g/mol. The highest BCUT2D eigenvalue weighted by molar-refractivity contribution is 14.1. The lowest BCUT2D eigenvalue weighted by molar-refractivity contribution is 0.299. The van der Waals surface area contributed by atoms with Gasteiger partial charge < -0.3 is 14.6 Å². The van der Waals surface area contributed by atoms with E-state index in [1.807, 2.05) is 24.8 Å². The molecule has 0 aliphatic heterocycles. The third-order valence-corrected chi connectivity index (χ3v) is 5.19. The fraction of sp³-hybridized carbons (Fsp3) is 0.500. The van der Waals surface area contributed by atoms with Gasteiger partial charge in [-0.3, -0.25) is 9.48 Å². The van der Waals surface area contributed by atoms with Crippen molar-refractivity contribution in [2.75, 3.05) is 27.2 Å². The topological polar surface area (TPSA) is 88.9 Å². The number of nitrogens with zero attached hydrogens (tertiary/aromatic N) is 5. The van der Waals surface area contributed by atoms with Crippen molar-refractivity contribution < 1.29 is 4.74 Å². The van der Waals surface area contributed by atoms with Gasteiger partial charge in [0.1, 0.15) is 11.3 Å². The van der Waals surface area contributed by atoms with Crippen LogP contribution in [-0.4, -0.2) is 56.9 Å². The minimum atomic E-state index is -0.248. The van der Waals surface area contributed by atoms with Crippen LogP contribution in [0.1, 0.15) is 32.4 Å². The average Bonchev–Trinajstić information content (AvgIpc) is 3.05. The molecule has 0 saturated carbocycles. The number of hydrogen-bond acceptors (Lipinski definition) is 6. The zero-order valence-corrected chi connectivity index (χ0v) is 19.5. The summed E-state index contributed by atoms with van der Waals surface area (Å²) in [6.07, 6.45) is 4.46. The summed E-state index contributed by atoms with van der Waals surface area (Å²) in [6.45, 7) is 6.28. The van der Waals surface area contributed by atoms with Gasteiger partial charge in [0.25, 0.3) is 5.56 Å². The standard InChI is InChI=1S/C20H27IN6O2/c1-5-7-10-29-20-14(11-13(21)12-22-20)18-23-16-15(6-2)27(9-8-26(3)4)25-17(16)19(28)24-18/h11-12H,5-10H2,1-4H3,(H,23,24,28). The number of rotatable bonds is 9. The number of aromatic amines is 1. The van der Waals surface area contributed by atoms with Gasteiger partial charge in [0.15, 0.2) is 5.52 Å². The van der Waals surface area contributed by atoms with E-state index in [4.69, 9.17) is 9.72 Å². The van der Waals surface area contributed by atoms with Crippen molar-refractivity contribution >= 4 is 33.6 Å². The second kappa shape index (κ2) is 9.66. The van der Waals surface area contributed by atoms with Crippen molar-refractivity contribution in [1.29, 1.82) is 0 Å². The van der Waals surface area contributed by atoms with E-state index in [1.54, 1.807) is 6.20 Å². The molecule has 0 unspecified atom stereocenters. The molecule has 3 aromatic heterocycles. The van der Waals surface area contributed by atoms with Crippen LogP contribution in [-0.2, 0) is 13.0 Å². The van der Waals surface area contributed by atoms with E-state index >= 15 is 0 Å². The maximum Gasteiger partial charge on any atom is 0.279 e. The van der Waals surface area contributed by atoms with E-state index in [-0.39, 0.29) is 5.56 Å². The Labute approximate surface area is 183 Å². The molecule has 0 saturated heterocycles. The summed E-state index contributed by atoms with van der Waals surface area (Å²) >= 11 is 2.20. The first kappa shape index (κ1) is 21.7. The Morgan fingerprint density at radius 1 is 1.28 bits per heavy atom. The van der Waals surface area contributed by atoms with E-state index in [0.29, 0.717) is 41.5 Å². The van der Waals surface area contributed by atoms with Crippen molar-refractivity contribution in [3.05, 3.63) is 31.9 Å². The van der Waals surface area contributed by atoms with Gasteiger partial charge in [-0.05, 0) is 55.6 Å². The number of likely N-dealkylation sites (N-methyl/N-ethyl adjacent to an activating group) is 1. The number of ether oxygens (including phenoxy) is 1. The maximum atomic E-state index is 12.8. The van der Waals surface area contributed by atoms with Crippen LogP contribution < -0.4 is 10.3 Å². The molecule has 0 spiro atoms. The third kappa shape index (κ3) is 4.95. The highest BCUT2D eigenvalue weighted by Gasteiger charge is 2.19. The lowest BCUT2D eigenvalue weighted by Crippen LogP contribution is -2.20. The molecule has 8 nitrogen and oxygen atoms in total. The van der Waals surface area contributed by atoms with Gasteiger partial charge in [0.05, 0.1) is 24.4 Å². The molecule has 0 aliphatic carbocycles. The van der Waals surface area contributed by atoms with Crippen molar-refractivity contribution in [3.63, 3.8) is 0 Å². The van der Waals surface area contributed by atoms with Gasteiger partial charge in [-0.1, -0.05) is 20.3 Å².